The maximum Gasteiger partial charge on any atom is 0.376 e. The Balaban J connectivity index is 2.43. The van der Waals surface area contributed by atoms with E-state index in [1.54, 1.807) is 0 Å². The molecule has 0 N–H and O–H groups in total. The number of benzene rings is 2. The Kier molecular flexibility index (Phi) is 3.79. The summed E-state index contributed by atoms with van der Waals surface area (Å²) in [5.41, 5.74) is -1.71. The average Bonchev–Trinajstić information content (AvgIpc) is 2.55. The summed E-state index contributed by atoms with van der Waals surface area (Å²) in [6.45, 7) is 1.05. The summed E-state index contributed by atoms with van der Waals surface area (Å²) >= 11 is 0. The molecule has 0 bridgehead atoms. The van der Waals surface area contributed by atoms with Crippen molar-refractivity contribution in [3.05, 3.63) is 69.7 Å². The fourth-order valence-corrected chi connectivity index (χ4v) is 3.91. The summed E-state index contributed by atoms with van der Waals surface area (Å²) in [7, 11) is -4.51. The molecule has 0 aliphatic rings. The van der Waals surface area contributed by atoms with Gasteiger partial charge in [0.25, 0.3) is 15.4 Å². The van der Waals surface area contributed by atoms with Crippen LogP contribution in [-0.2, 0) is 9.84 Å². The fraction of sp³-hybridized carbons (Fsp3) is 0.0667. The van der Waals surface area contributed by atoms with Crippen molar-refractivity contribution in [2.24, 2.45) is 0 Å². The van der Waals surface area contributed by atoms with Crippen molar-refractivity contribution in [3.63, 3.8) is 0 Å². The largest absolute Gasteiger partial charge is 0.805 e. The number of hydrogen-bond donors (Lipinski definition) is 0. The molecule has 130 valence electrons. The lowest BCUT2D eigenvalue weighted by molar-refractivity contribution is -0.512. The zero-order valence-electron chi connectivity index (χ0n) is 12.5. The Labute approximate surface area is 138 Å². The normalized spacial score (nSPS) is 11.8. The minimum atomic E-state index is -4.51. The van der Waals surface area contributed by atoms with E-state index in [4.69, 9.17) is 0 Å². The van der Waals surface area contributed by atoms with Gasteiger partial charge in [-0.2, -0.15) is 0 Å². The second-order valence-corrected chi connectivity index (χ2v) is 7.06. The minimum Gasteiger partial charge on any atom is -0.805 e. The zero-order chi connectivity index (χ0) is 18.5. The number of aromatic nitrogens is 2. The lowest BCUT2D eigenvalue weighted by Crippen LogP contribution is -2.30. The lowest BCUT2D eigenvalue weighted by atomic mass is 10.2. The smallest absolute Gasteiger partial charge is 0.376 e. The molecule has 3 rings (SSSR count). The number of rotatable bonds is 2. The molecule has 0 saturated heterocycles. The second-order valence-electron chi connectivity index (χ2n) is 5.19. The van der Waals surface area contributed by atoms with Crippen LogP contribution >= 0.6 is 0 Å². The SMILES string of the molecule is Cc1c(S(=O)(=O)c2ccc(F)cc2)[n+](=O)c2cc(F)c(F)cc2n1[O-]. The minimum absolute atomic E-state index is 0.0304. The fourth-order valence-electron chi connectivity index (χ4n) is 2.40. The van der Waals surface area contributed by atoms with E-state index in [0.717, 1.165) is 31.2 Å². The van der Waals surface area contributed by atoms with Crippen molar-refractivity contribution in [3.8, 4) is 0 Å². The highest BCUT2D eigenvalue weighted by Gasteiger charge is 2.34. The monoisotopic (exact) mass is 370 g/mol. The van der Waals surface area contributed by atoms with Crippen molar-refractivity contribution in [2.45, 2.75) is 16.8 Å². The first-order chi connectivity index (χ1) is 11.6. The van der Waals surface area contributed by atoms with E-state index in [1.165, 1.54) is 0 Å². The molecule has 10 heteroatoms. The maximum atomic E-state index is 13.4. The number of nitrogens with zero attached hydrogens (tertiary/aromatic N) is 2. The van der Waals surface area contributed by atoms with Crippen molar-refractivity contribution in [2.75, 3.05) is 0 Å². The Hall–Kier alpha value is -2.88. The molecule has 0 unspecified atom stereocenters. The summed E-state index contributed by atoms with van der Waals surface area (Å²) in [5.74, 6) is -3.46. The average molecular weight is 370 g/mol. The number of fused-ring (bicyclic) bond motifs is 1. The highest BCUT2D eigenvalue weighted by Crippen LogP contribution is 2.24. The highest BCUT2D eigenvalue weighted by molar-refractivity contribution is 7.91. The predicted octanol–water partition coefficient (Wildman–Crippen LogP) is 2.46. The van der Waals surface area contributed by atoms with E-state index in [2.05, 4.69) is 0 Å². The Bertz CT molecular complexity index is 1170. The van der Waals surface area contributed by atoms with Crippen molar-refractivity contribution < 1.29 is 26.0 Å². The van der Waals surface area contributed by atoms with Crippen LogP contribution in [0.15, 0.2) is 46.3 Å². The molecule has 0 atom stereocenters. The van der Waals surface area contributed by atoms with Crippen LogP contribution in [-0.4, -0.2) is 13.1 Å². The molecule has 0 aliphatic carbocycles. The Morgan fingerprint density at radius 3 is 2.20 bits per heavy atom. The summed E-state index contributed by atoms with van der Waals surface area (Å²) in [6.07, 6.45) is 0. The van der Waals surface area contributed by atoms with Gasteiger partial charge in [-0.05, 0) is 31.2 Å². The molecule has 0 fully saturated rings. The first kappa shape index (κ1) is 17.0. The van der Waals surface area contributed by atoms with Gasteiger partial charge in [0, 0.05) is 11.0 Å². The van der Waals surface area contributed by atoms with Gasteiger partial charge in [-0.1, -0.05) is 0 Å². The topological polar surface area (TPSA) is 85.1 Å². The summed E-state index contributed by atoms with van der Waals surface area (Å²) in [6, 6.07) is 4.54. The first-order valence-electron chi connectivity index (χ1n) is 6.79. The van der Waals surface area contributed by atoms with E-state index < -0.39 is 53.9 Å². The van der Waals surface area contributed by atoms with Crippen LogP contribution in [0.25, 0.3) is 11.0 Å². The third kappa shape index (κ3) is 2.54. The molecule has 6 nitrogen and oxygen atoms in total. The molecule has 0 radical (unpaired) electrons. The molecular weight excluding hydrogens is 361 g/mol. The van der Waals surface area contributed by atoms with E-state index in [9.17, 15) is 31.7 Å². The van der Waals surface area contributed by atoms with Crippen molar-refractivity contribution in [1.82, 2.24) is 4.73 Å². The van der Waals surface area contributed by atoms with E-state index in [0.29, 0.717) is 12.1 Å². The molecule has 1 heterocycles. The van der Waals surface area contributed by atoms with E-state index in [1.807, 2.05) is 0 Å². The number of hydrogen-bond acceptors (Lipinski definition) is 4. The van der Waals surface area contributed by atoms with Gasteiger partial charge in [0.1, 0.15) is 17.0 Å². The summed E-state index contributed by atoms with van der Waals surface area (Å²) in [4.78, 5) is 12.0. The standard InChI is InChI=1S/C15H9F3N2O4S/c1-8-15(25(23,24)10-4-2-9(16)3-5-10)20(22)14-7-12(18)11(17)6-13(14)19(8)21/h2-7H,1H3. The number of sulfone groups is 1. The molecule has 0 spiro atoms. The molecule has 25 heavy (non-hydrogen) atoms. The van der Waals surface area contributed by atoms with Crippen LogP contribution in [0.2, 0.25) is 0 Å². The molecule has 0 saturated carbocycles. The number of halogens is 3. The quantitative estimate of drug-likeness (QED) is 0.512. The van der Waals surface area contributed by atoms with Gasteiger partial charge in [0.15, 0.2) is 11.6 Å². The van der Waals surface area contributed by atoms with Gasteiger partial charge in [-0.3, -0.25) is 0 Å². The van der Waals surface area contributed by atoms with Crippen LogP contribution in [0.3, 0.4) is 0 Å². The highest BCUT2D eigenvalue weighted by atomic mass is 32.2. The van der Waals surface area contributed by atoms with Crippen LogP contribution in [0.5, 0.6) is 0 Å². The van der Waals surface area contributed by atoms with Crippen molar-refractivity contribution >= 4 is 20.9 Å². The molecular formula is C15H9F3N2O4S. The molecule has 0 aliphatic heterocycles. The van der Waals surface area contributed by atoms with Gasteiger partial charge in [-0.25, -0.2) is 21.6 Å². The molecule has 2 aromatic carbocycles. The van der Waals surface area contributed by atoms with Crippen LogP contribution in [0.4, 0.5) is 13.2 Å². The zero-order valence-corrected chi connectivity index (χ0v) is 13.4. The van der Waals surface area contributed by atoms with Crippen molar-refractivity contribution in [1.29, 1.82) is 0 Å². The van der Waals surface area contributed by atoms with Crippen LogP contribution < -0.4 is 4.43 Å². The Morgan fingerprint density at radius 2 is 1.60 bits per heavy atom. The third-order valence-corrected chi connectivity index (χ3v) is 5.50. The predicted molar refractivity (Wildman–Crippen MR) is 80.6 cm³/mol. The molecule has 0 amide bonds. The van der Waals surface area contributed by atoms with E-state index >= 15 is 0 Å². The van der Waals surface area contributed by atoms with Crippen LogP contribution in [0.1, 0.15) is 5.69 Å². The van der Waals surface area contributed by atoms with E-state index in [-0.39, 0.29) is 9.16 Å². The summed E-state index contributed by atoms with van der Waals surface area (Å²) in [5, 5.41) is 11.3. The summed E-state index contributed by atoms with van der Waals surface area (Å²) < 4.78 is 65.0. The van der Waals surface area contributed by atoms with Gasteiger partial charge in [0.2, 0.25) is 0 Å². The van der Waals surface area contributed by atoms with Crippen LogP contribution in [0, 0.1) is 34.5 Å². The third-order valence-electron chi connectivity index (χ3n) is 3.63. The molecule has 1 aromatic heterocycles. The first-order valence-corrected chi connectivity index (χ1v) is 8.28. The molecule has 3 aromatic rings. The van der Waals surface area contributed by atoms with Gasteiger partial charge < -0.3 is 9.94 Å². The van der Waals surface area contributed by atoms with Gasteiger partial charge >= 0.3 is 5.03 Å². The lowest BCUT2D eigenvalue weighted by Gasteiger charge is -2.16. The van der Waals surface area contributed by atoms with Gasteiger partial charge in [-0.15, -0.1) is 0 Å². The Morgan fingerprint density at radius 1 is 1.04 bits per heavy atom. The second kappa shape index (κ2) is 5.59. The maximum absolute atomic E-state index is 13.4. The van der Waals surface area contributed by atoms with Gasteiger partial charge in [0.05, 0.1) is 15.4 Å².